The summed E-state index contributed by atoms with van der Waals surface area (Å²) >= 11 is 0. The zero-order valence-corrected chi connectivity index (χ0v) is 37.5. The summed E-state index contributed by atoms with van der Waals surface area (Å²) in [6.45, 7) is 14.5. The van der Waals surface area contributed by atoms with Gasteiger partial charge in [0.05, 0.1) is 35.5 Å². The first-order valence-corrected chi connectivity index (χ1v) is 21.3. The van der Waals surface area contributed by atoms with Crippen LogP contribution in [-0.2, 0) is 23.8 Å². The number of rotatable bonds is 8. The SMILES string of the molecule is CO[C@H]1/C=C/O[C@@]2(C)Oc3c(C)c(=O)c4c(O)c(c5oc6cc(OCCNCCN)ccc6nc5c4c3C2=O)NC(=O)/C(C)=C\C=C\[C@H](C)[C@H](O)[C@@H](C)[C@@H](O)[C@@H](C)[C@H](OC(C)=O)[C@@H]1C. The third-order valence-electron chi connectivity index (χ3n) is 12.2. The molecule has 1 amide bonds. The van der Waals surface area contributed by atoms with Gasteiger partial charge in [0.25, 0.3) is 11.7 Å². The van der Waals surface area contributed by atoms with Crippen LogP contribution in [0, 0.1) is 30.6 Å². The van der Waals surface area contributed by atoms with Gasteiger partial charge in [0, 0.05) is 86.9 Å². The first-order chi connectivity index (χ1) is 30.3. The van der Waals surface area contributed by atoms with Crippen molar-refractivity contribution in [1.82, 2.24) is 10.3 Å². The van der Waals surface area contributed by atoms with Crippen molar-refractivity contribution in [3.8, 4) is 17.2 Å². The number of Topliss-reactive ketones (excluding diaryl/α,β-unsaturated/α-hetero) is 1. The summed E-state index contributed by atoms with van der Waals surface area (Å²) in [6, 6.07) is 4.91. The van der Waals surface area contributed by atoms with Crippen molar-refractivity contribution in [3.05, 3.63) is 75.7 Å². The number of carbonyl (C=O) groups excluding carboxylic acids is 3. The molecule has 3 heterocycles. The highest BCUT2D eigenvalue weighted by atomic mass is 16.7. The smallest absolute Gasteiger partial charge is 0.312 e. The fraction of sp³-hybridized carbons (Fsp3) is 0.468. The van der Waals surface area contributed by atoms with Gasteiger partial charge < -0.3 is 59.8 Å². The molecule has 2 aliphatic rings. The van der Waals surface area contributed by atoms with E-state index in [0.29, 0.717) is 37.5 Å². The molecule has 0 radical (unpaired) electrons. The molecule has 0 unspecified atom stereocenters. The number of aromatic hydroxyl groups is 1. The fourth-order valence-corrected chi connectivity index (χ4v) is 8.34. The van der Waals surface area contributed by atoms with Crippen molar-refractivity contribution in [2.24, 2.45) is 29.4 Å². The molecule has 17 heteroatoms. The lowest BCUT2D eigenvalue weighted by atomic mass is 9.78. The van der Waals surface area contributed by atoms with Gasteiger partial charge in [-0.2, -0.15) is 0 Å². The maximum Gasteiger partial charge on any atom is 0.312 e. The Labute approximate surface area is 370 Å². The van der Waals surface area contributed by atoms with Gasteiger partial charge in [-0.3, -0.25) is 19.2 Å². The summed E-state index contributed by atoms with van der Waals surface area (Å²) in [5.74, 6) is -6.89. The van der Waals surface area contributed by atoms with Crippen molar-refractivity contribution in [2.75, 3.05) is 38.7 Å². The number of nitrogens with zero attached hydrogens (tertiary/aromatic N) is 1. The molecule has 0 fully saturated rings. The largest absolute Gasteiger partial charge is 0.505 e. The summed E-state index contributed by atoms with van der Waals surface area (Å²) < 4.78 is 36.1. The van der Waals surface area contributed by atoms with Gasteiger partial charge in [0.15, 0.2) is 22.3 Å². The van der Waals surface area contributed by atoms with Gasteiger partial charge in [0.2, 0.25) is 0 Å². The van der Waals surface area contributed by atoms with E-state index in [-0.39, 0.29) is 55.6 Å². The number of hydrogen-bond donors (Lipinski definition) is 6. The molecule has 7 N–H and O–H groups in total. The minimum absolute atomic E-state index is 0.0167. The molecule has 344 valence electrons. The normalized spacial score (nSPS) is 28.7. The molecule has 64 heavy (non-hydrogen) atoms. The molecule has 0 saturated carbocycles. The number of esters is 1. The van der Waals surface area contributed by atoms with Gasteiger partial charge in [-0.1, -0.05) is 45.9 Å². The maximum atomic E-state index is 14.7. The molecule has 3 aromatic carbocycles. The Morgan fingerprint density at radius 2 is 1.75 bits per heavy atom. The van der Waals surface area contributed by atoms with Gasteiger partial charge in [-0.25, -0.2) is 4.98 Å². The molecule has 0 saturated heterocycles. The Balaban J connectivity index is 1.56. The number of allylic oxidation sites excluding steroid dienone is 2. The number of nitrogens with two attached hydrogens (primary N) is 1. The molecule has 2 aliphatic heterocycles. The van der Waals surface area contributed by atoms with Gasteiger partial charge in [-0.05, 0) is 32.1 Å². The summed E-state index contributed by atoms with van der Waals surface area (Å²) in [7, 11) is 1.44. The molecule has 4 bridgehead atoms. The highest BCUT2D eigenvalue weighted by molar-refractivity contribution is 6.26. The van der Waals surface area contributed by atoms with Crippen LogP contribution in [0.1, 0.15) is 64.4 Å². The number of amides is 1. The number of aromatic nitrogens is 1. The lowest BCUT2D eigenvalue weighted by molar-refractivity contribution is -0.160. The minimum Gasteiger partial charge on any atom is -0.505 e. The predicted molar refractivity (Wildman–Crippen MR) is 239 cm³/mol. The van der Waals surface area contributed by atoms with Crippen LogP contribution in [0.25, 0.3) is 33.0 Å². The maximum absolute atomic E-state index is 14.7. The van der Waals surface area contributed by atoms with Crippen LogP contribution in [0.2, 0.25) is 0 Å². The van der Waals surface area contributed by atoms with E-state index in [0.717, 1.165) is 0 Å². The number of benzene rings is 3. The van der Waals surface area contributed by atoms with Crippen molar-refractivity contribution in [2.45, 2.75) is 85.6 Å². The van der Waals surface area contributed by atoms with Crippen LogP contribution < -0.4 is 31.3 Å². The van der Waals surface area contributed by atoms with Crippen LogP contribution in [0.4, 0.5) is 5.69 Å². The van der Waals surface area contributed by atoms with E-state index in [1.165, 1.54) is 53.2 Å². The van der Waals surface area contributed by atoms with Crippen LogP contribution in [0.15, 0.2) is 63.6 Å². The molecule has 1 aromatic heterocycles. The highest BCUT2D eigenvalue weighted by Crippen LogP contribution is 2.48. The average Bonchev–Trinajstić information content (AvgIpc) is 3.53. The summed E-state index contributed by atoms with van der Waals surface area (Å²) in [6.07, 6.45) is 3.56. The Kier molecular flexibility index (Phi) is 14.5. The lowest BCUT2D eigenvalue weighted by Gasteiger charge is -2.38. The van der Waals surface area contributed by atoms with Crippen LogP contribution in [0.3, 0.4) is 0 Å². The Morgan fingerprint density at radius 1 is 1.02 bits per heavy atom. The van der Waals surface area contributed by atoms with Crippen LogP contribution in [0.5, 0.6) is 17.2 Å². The van der Waals surface area contributed by atoms with Crippen LogP contribution in [-0.4, -0.2) is 102 Å². The van der Waals surface area contributed by atoms with Crippen molar-refractivity contribution in [3.63, 3.8) is 0 Å². The monoisotopic (exact) mass is 886 g/mol. The minimum atomic E-state index is -2.05. The van der Waals surface area contributed by atoms with Crippen LogP contribution >= 0.6 is 0 Å². The topological polar surface area (TPSA) is 251 Å². The number of ether oxygens (including phenoxy) is 5. The average molecular weight is 887 g/mol. The van der Waals surface area contributed by atoms with Gasteiger partial charge >= 0.3 is 11.8 Å². The third kappa shape index (κ3) is 9.21. The number of anilines is 1. The molecule has 0 spiro atoms. The van der Waals surface area contributed by atoms with E-state index >= 15 is 0 Å². The Morgan fingerprint density at radius 3 is 2.44 bits per heavy atom. The van der Waals surface area contributed by atoms with E-state index in [4.69, 9.17) is 38.8 Å². The number of fused-ring (bicyclic) bond motifs is 2. The Hall–Kier alpha value is -5.85. The zero-order valence-electron chi connectivity index (χ0n) is 37.5. The second-order valence-electron chi connectivity index (χ2n) is 16.7. The molecule has 4 aromatic rings. The third-order valence-corrected chi connectivity index (χ3v) is 12.2. The number of ketones is 1. The number of nitrogens with one attached hydrogen (secondary N) is 2. The van der Waals surface area contributed by atoms with E-state index in [9.17, 15) is 34.5 Å². The first-order valence-electron chi connectivity index (χ1n) is 21.3. The number of phenols is 1. The number of phenolic OH excluding ortho intramolecular Hbond substituents is 1. The zero-order chi connectivity index (χ0) is 46.8. The predicted octanol–water partition coefficient (Wildman–Crippen LogP) is 4.92. The number of carbonyl (C=O) groups is 3. The van der Waals surface area contributed by atoms with E-state index in [1.54, 1.807) is 58.0 Å². The molecule has 9 atom stereocenters. The van der Waals surface area contributed by atoms with Crippen molar-refractivity contribution >= 4 is 56.3 Å². The highest BCUT2D eigenvalue weighted by Gasteiger charge is 2.49. The number of methoxy groups -OCH3 is 1. The summed E-state index contributed by atoms with van der Waals surface area (Å²) in [5.41, 5.74) is 4.94. The van der Waals surface area contributed by atoms with Gasteiger partial charge in [-0.15, -0.1) is 0 Å². The summed E-state index contributed by atoms with van der Waals surface area (Å²) in [4.78, 5) is 60.2. The molecule has 6 rings (SSSR count). The summed E-state index contributed by atoms with van der Waals surface area (Å²) in [5, 5.41) is 40.5. The van der Waals surface area contributed by atoms with Gasteiger partial charge in [0.1, 0.15) is 40.9 Å². The number of hydrogen-bond acceptors (Lipinski definition) is 16. The molecule has 17 nitrogen and oxygen atoms in total. The standard InChI is InChI=1S/C47H58N4O13/c1-22-11-10-12-23(2)46(58)51-37-41(56)34-33(36-44(37)63-32-21-29(13-14-30(32)50-36)60-20-18-49-17-16-48)35-43(27(6)40(34)55)64-47(8,45(35)57)61-19-15-31(59-9)24(3)42(62-28(7)52)26(5)39(54)25(4)38(22)53/h10-15,19,21-22,24-26,31,38-39,42,49,53-54,56H,16-18,20,48H2,1-9H3,(H,51,58)/b11-10+,19-15+,23-12-/t22-,24+,25+,26+,31-,38-,39+,42+,47-/m0/s1. The molecular weight excluding hydrogens is 829 g/mol. The second-order valence-corrected chi connectivity index (χ2v) is 16.7. The second kappa shape index (κ2) is 19.5. The van der Waals surface area contributed by atoms with E-state index in [1.807, 2.05) is 0 Å². The fourth-order valence-electron chi connectivity index (χ4n) is 8.34. The van der Waals surface area contributed by atoms with Crippen molar-refractivity contribution < 1.29 is 57.8 Å². The van der Waals surface area contributed by atoms with Crippen molar-refractivity contribution in [1.29, 1.82) is 0 Å². The molecular formula is C47H58N4O13. The first kappa shape index (κ1) is 47.6. The quantitative estimate of drug-likeness (QED) is 0.0451. The number of aliphatic hydroxyl groups is 2. The van der Waals surface area contributed by atoms with E-state index in [2.05, 4.69) is 10.6 Å². The van der Waals surface area contributed by atoms with E-state index < -0.39 is 82.7 Å². The lowest BCUT2D eigenvalue weighted by Crippen LogP contribution is -2.46. The number of aliphatic hydroxyl groups excluding tert-OH is 2. The Bertz CT molecular complexity index is 2600. The molecule has 0 aliphatic carbocycles.